The number of hydrogen-bond donors (Lipinski definition) is 0. The van der Waals surface area contributed by atoms with E-state index in [-0.39, 0.29) is 0 Å². The molecule has 0 aromatic rings. The van der Waals surface area contributed by atoms with Crippen molar-refractivity contribution in [1.82, 2.24) is 0 Å². The van der Waals surface area contributed by atoms with Gasteiger partial charge < -0.3 is 4.74 Å². The van der Waals surface area contributed by atoms with Gasteiger partial charge in [0, 0.05) is 5.48 Å². The van der Waals surface area contributed by atoms with Crippen LogP contribution in [0.3, 0.4) is 0 Å². The minimum atomic E-state index is -3.00. The molecule has 0 amide bonds. The Labute approximate surface area is 48.9 Å². The highest BCUT2D eigenvalue weighted by Crippen LogP contribution is 1.97. The first-order chi connectivity index (χ1) is 6.04. The second-order valence-corrected chi connectivity index (χ2v) is 0.681. The van der Waals surface area contributed by atoms with Crippen LogP contribution in [0.2, 0.25) is 0 Å². The Kier molecular flexibility index (Phi) is 0.192. The zero-order valence-corrected chi connectivity index (χ0v) is 2.91. The van der Waals surface area contributed by atoms with Gasteiger partial charge in [-0.2, -0.15) is 0 Å². The van der Waals surface area contributed by atoms with E-state index in [1.807, 2.05) is 0 Å². The van der Waals surface area contributed by atoms with E-state index < -0.39 is 31.6 Å². The highest BCUT2D eigenvalue weighted by Gasteiger charge is 1.86. The summed E-state index contributed by atoms with van der Waals surface area (Å²) in [4.78, 5) is 0. The van der Waals surface area contributed by atoms with Crippen molar-refractivity contribution in [2.24, 2.45) is 0 Å². The van der Waals surface area contributed by atoms with Gasteiger partial charge in [-0.15, -0.1) is 0 Å². The maximum Gasteiger partial charge on any atom is 0.103 e. The van der Waals surface area contributed by atoms with Crippen molar-refractivity contribution < 1.29 is 15.7 Å². The van der Waals surface area contributed by atoms with Crippen LogP contribution in [-0.2, 0) is 4.74 Å². The SMILES string of the molecule is [2H]C1=C([2H])C([2H])([2H])C([2H])([2H])C([2H])([2H])O1. The van der Waals surface area contributed by atoms with Gasteiger partial charge in [-0.3, -0.25) is 0 Å². The van der Waals surface area contributed by atoms with Crippen molar-refractivity contribution in [3.63, 3.8) is 0 Å². The van der Waals surface area contributed by atoms with Gasteiger partial charge in [0.15, 0.2) is 0 Å². The summed E-state index contributed by atoms with van der Waals surface area (Å²) in [6.07, 6.45) is -6.84. The molecular weight excluding hydrogens is 76.1 g/mol. The van der Waals surface area contributed by atoms with Crippen molar-refractivity contribution in [2.75, 3.05) is 6.56 Å². The molecule has 0 aromatic heterocycles. The Hall–Kier alpha value is -0.460. The highest BCUT2D eigenvalue weighted by molar-refractivity contribution is 4.76. The number of hydrogen-bond acceptors (Lipinski definition) is 1. The van der Waals surface area contributed by atoms with Crippen LogP contribution < -0.4 is 0 Å². The van der Waals surface area contributed by atoms with Crippen molar-refractivity contribution in [3.8, 4) is 0 Å². The maximum absolute atomic E-state index is 7.23. The molecule has 0 aromatic carbocycles. The van der Waals surface area contributed by atoms with Crippen molar-refractivity contribution >= 4 is 0 Å². The predicted molar refractivity (Wildman–Crippen MR) is 24.3 cm³/mol. The quantitative estimate of drug-likeness (QED) is 0.437. The predicted octanol–water partition coefficient (Wildman–Crippen LogP) is 1.31. The first-order valence-corrected chi connectivity index (χ1v) is 1.41. The van der Waals surface area contributed by atoms with Gasteiger partial charge in [0.1, 0.15) is 1.37 Å². The van der Waals surface area contributed by atoms with E-state index in [1.54, 1.807) is 0 Å². The normalized spacial score (nSPS) is 68.0. The lowest BCUT2D eigenvalue weighted by atomic mass is 10.3. The second kappa shape index (κ2) is 1.85. The molecular formula is C5H8O. The van der Waals surface area contributed by atoms with Crippen LogP contribution in [0.15, 0.2) is 12.3 Å². The highest BCUT2D eigenvalue weighted by atomic mass is 16.5. The van der Waals surface area contributed by atoms with Crippen LogP contribution in [0.1, 0.15) is 23.7 Å². The number of allylic oxidation sites excluding steroid dienone is 1. The van der Waals surface area contributed by atoms with E-state index in [0.717, 1.165) is 0 Å². The van der Waals surface area contributed by atoms with Gasteiger partial charge in [-0.05, 0) is 18.8 Å². The van der Waals surface area contributed by atoms with Crippen LogP contribution in [0.5, 0.6) is 0 Å². The molecule has 6 heavy (non-hydrogen) atoms. The summed E-state index contributed by atoms with van der Waals surface area (Å²) in [6.45, 7) is -2.95. The molecule has 0 spiro atoms. The lowest BCUT2D eigenvalue weighted by Gasteiger charge is -2.01. The standard InChI is InChI=1S/C5H8O/c1-2-4-6-5-3-1/h2,4H,1,3,5H2/i1D2,2D,3D2,4D,5D2. The first kappa shape index (κ1) is 0.623. The van der Waals surface area contributed by atoms with Crippen LogP contribution in [0, 0.1) is 0 Å². The molecule has 1 nitrogen and oxygen atoms in total. The Bertz CT molecular complexity index is 292. The monoisotopic (exact) mass is 92.1 g/mol. The van der Waals surface area contributed by atoms with Gasteiger partial charge in [0.05, 0.1) is 16.9 Å². The molecule has 0 bridgehead atoms. The van der Waals surface area contributed by atoms with Crippen LogP contribution >= 0.6 is 0 Å². The first-order valence-electron chi connectivity index (χ1n) is 5.41. The van der Waals surface area contributed by atoms with Crippen molar-refractivity contribution in [2.45, 2.75) is 12.7 Å². The average Bonchev–Trinajstić information content (AvgIpc) is 1.99. The van der Waals surface area contributed by atoms with Crippen LogP contribution in [0.4, 0.5) is 0 Å². The fourth-order valence-corrected chi connectivity index (χ4v) is 0.159. The number of ether oxygens (including phenoxy) is 1. The zero-order valence-electron chi connectivity index (χ0n) is 10.9. The fourth-order valence-electron chi connectivity index (χ4n) is 0.159. The summed E-state index contributed by atoms with van der Waals surface area (Å²) >= 11 is 0. The van der Waals surface area contributed by atoms with E-state index in [0.29, 0.717) is 0 Å². The fraction of sp³-hybridized carbons (Fsp3) is 0.600. The summed E-state index contributed by atoms with van der Waals surface area (Å²) in [5.74, 6) is 0. The lowest BCUT2D eigenvalue weighted by Crippen LogP contribution is -1.90. The Morgan fingerprint density at radius 3 is 4.00 bits per heavy atom. The molecule has 34 valence electrons. The maximum atomic E-state index is 7.23. The van der Waals surface area contributed by atoms with Gasteiger partial charge in [0.25, 0.3) is 0 Å². The average molecular weight is 92.2 g/mol. The van der Waals surface area contributed by atoms with Gasteiger partial charge in [0.2, 0.25) is 0 Å². The molecule has 0 aliphatic carbocycles. The molecule has 0 fully saturated rings. The van der Waals surface area contributed by atoms with E-state index >= 15 is 0 Å². The van der Waals surface area contributed by atoms with Gasteiger partial charge >= 0.3 is 0 Å². The Morgan fingerprint density at radius 2 is 3.00 bits per heavy atom. The summed E-state index contributed by atoms with van der Waals surface area (Å²) < 4.78 is 61.4. The minimum Gasteiger partial charge on any atom is -0.502 e. The summed E-state index contributed by atoms with van der Waals surface area (Å²) in [5.41, 5.74) is 0. The van der Waals surface area contributed by atoms with Crippen LogP contribution in [-0.4, -0.2) is 6.56 Å². The molecule has 0 radical (unpaired) electrons. The summed E-state index contributed by atoms with van der Waals surface area (Å²) in [6, 6.07) is -0.988. The van der Waals surface area contributed by atoms with E-state index in [1.165, 1.54) is 0 Å². The Morgan fingerprint density at radius 1 is 2.00 bits per heavy atom. The molecule has 0 saturated heterocycles. The zero-order chi connectivity index (χ0) is 11.4. The summed E-state index contributed by atoms with van der Waals surface area (Å²) in [5, 5.41) is 0. The van der Waals surface area contributed by atoms with E-state index in [2.05, 4.69) is 4.74 Å². The molecule has 1 heteroatoms. The van der Waals surface area contributed by atoms with Gasteiger partial charge in [-0.25, -0.2) is 0 Å². The van der Waals surface area contributed by atoms with Crippen LogP contribution in [0.25, 0.3) is 0 Å². The third-order valence-corrected chi connectivity index (χ3v) is 0.329. The lowest BCUT2D eigenvalue weighted by molar-refractivity contribution is 0.231. The minimum absolute atomic E-state index is 0.977. The smallest absolute Gasteiger partial charge is 0.103 e. The second-order valence-electron chi connectivity index (χ2n) is 0.681. The molecule has 0 N–H and O–H groups in total. The molecule has 1 heterocycles. The summed E-state index contributed by atoms with van der Waals surface area (Å²) in [7, 11) is 0. The third-order valence-electron chi connectivity index (χ3n) is 0.329. The number of rotatable bonds is 0. The van der Waals surface area contributed by atoms with Crippen molar-refractivity contribution in [1.29, 1.82) is 0 Å². The molecule has 1 aliphatic rings. The molecule has 0 saturated carbocycles. The topological polar surface area (TPSA) is 9.23 Å². The van der Waals surface area contributed by atoms with E-state index in [9.17, 15) is 0 Å². The van der Waals surface area contributed by atoms with Gasteiger partial charge in [-0.1, -0.05) is 0 Å². The van der Waals surface area contributed by atoms with Crippen molar-refractivity contribution in [3.05, 3.63) is 12.3 Å². The largest absolute Gasteiger partial charge is 0.502 e. The molecule has 0 atom stereocenters. The van der Waals surface area contributed by atoms with E-state index in [4.69, 9.17) is 11.0 Å². The Balaban J connectivity index is 3.36. The third kappa shape index (κ3) is 0.744. The molecule has 1 rings (SSSR count). The molecule has 0 unspecified atom stereocenters. The molecule has 1 aliphatic heterocycles.